The molecule has 1 amide bonds. The van der Waals surface area contributed by atoms with Crippen LogP contribution in [0.15, 0.2) is 0 Å². The largest absolute Gasteiger partial charge is 0.342 e. The molecule has 1 aliphatic carbocycles. The van der Waals surface area contributed by atoms with Gasteiger partial charge in [-0.05, 0) is 52.0 Å². The second kappa shape index (κ2) is 6.51. The lowest BCUT2D eigenvalue weighted by Crippen LogP contribution is -2.39. The summed E-state index contributed by atoms with van der Waals surface area (Å²) < 4.78 is 0. The van der Waals surface area contributed by atoms with Crippen LogP contribution in [0.1, 0.15) is 45.4 Å². The van der Waals surface area contributed by atoms with Gasteiger partial charge in [0.05, 0.1) is 0 Å². The summed E-state index contributed by atoms with van der Waals surface area (Å²) >= 11 is 0. The molecule has 0 bridgehead atoms. The maximum absolute atomic E-state index is 12.4. The summed E-state index contributed by atoms with van der Waals surface area (Å²) in [6.07, 6.45) is 5.87. The van der Waals surface area contributed by atoms with Gasteiger partial charge in [0.1, 0.15) is 5.78 Å². The number of rotatable bonds is 4. The molecule has 0 spiro atoms. The first-order chi connectivity index (χ1) is 9.10. The highest BCUT2D eigenvalue weighted by molar-refractivity contribution is 5.79. The molecular formula is C15H26N2O2. The van der Waals surface area contributed by atoms with Crippen molar-refractivity contribution in [2.24, 2.45) is 11.8 Å². The van der Waals surface area contributed by atoms with Gasteiger partial charge in [0.25, 0.3) is 0 Å². The molecule has 0 aromatic rings. The van der Waals surface area contributed by atoms with Gasteiger partial charge in [-0.3, -0.25) is 4.79 Å². The monoisotopic (exact) mass is 266 g/mol. The SMILES string of the molecule is CN[C@H]1CC[C@@H](C(=O)N2CC[C@@H](CC(C)=O)C2)CC1. The van der Waals surface area contributed by atoms with E-state index in [0.29, 0.717) is 24.3 Å². The summed E-state index contributed by atoms with van der Waals surface area (Å²) in [5.74, 6) is 1.20. The lowest BCUT2D eigenvalue weighted by Gasteiger charge is -2.30. The number of Topliss-reactive ketones (excluding diaryl/α,β-unsaturated/α-hetero) is 1. The van der Waals surface area contributed by atoms with Gasteiger partial charge >= 0.3 is 0 Å². The van der Waals surface area contributed by atoms with E-state index in [9.17, 15) is 9.59 Å². The van der Waals surface area contributed by atoms with Crippen LogP contribution in [0.2, 0.25) is 0 Å². The Balaban J connectivity index is 1.80. The van der Waals surface area contributed by atoms with E-state index < -0.39 is 0 Å². The van der Waals surface area contributed by atoms with Crippen molar-refractivity contribution in [1.29, 1.82) is 0 Å². The number of amides is 1. The average Bonchev–Trinajstić information content (AvgIpc) is 2.85. The summed E-state index contributed by atoms with van der Waals surface area (Å²) in [6, 6.07) is 0.591. The van der Waals surface area contributed by atoms with Crippen molar-refractivity contribution in [3.63, 3.8) is 0 Å². The second-order valence-electron chi connectivity index (χ2n) is 6.18. The molecule has 1 saturated heterocycles. The number of nitrogens with zero attached hydrogens (tertiary/aromatic N) is 1. The van der Waals surface area contributed by atoms with Crippen molar-refractivity contribution in [2.75, 3.05) is 20.1 Å². The molecule has 0 aromatic heterocycles. The van der Waals surface area contributed by atoms with Crippen molar-refractivity contribution >= 4 is 11.7 Å². The molecule has 19 heavy (non-hydrogen) atoms. The van der Waals surface area contributed by atoms with Crippen LogP contribution in [0.3, 0.4) is 0 Å². The van der Waals surface area contributed by atoms with Gasteiger partial charge in [0, 0.05) is 31.5 Å². The van der Waals surface area contributed by atoms with Crippen LogP contribution >= 0.6 is 0 Å². The standard InChI is InChI=1S/C15H26N2O2/c1-11(18)9-12-7-8-17(10-12)15(19)13-3-5-14(16-2)6-4-13/h12-14,16H,3-10H2,1-2H3/t12-,13-,14+/m0/s1. The molecule has 2 aliphatic rings. The predicted octanol–water partition coefficient (Wildman–Crippen LogP) is 1.59. The van der Waals surface area contributed by atoms with Gasteiger partial charge in [-0.25, -0.2) is 0 Å². The van der Waals surface area contributed by atoms with Crippen LogP contribution in [0.25, 0.3) is 0 Å². The fourth-order valence-electron chi connectivity index (χ4n) is 3.49. The molecule has 1 aliphatic heterocycles. The Labute approximate surface area is 115 Å². The van der Waals surface area contributed by atoms with Gasteiger partial charge in [-0.2, -0.15) is 0 Å². The van der Waals surface area contributed by atoms with E-state index >= 15 is 0 Å². The van der Waals surface area contributed by atoms with Crippen LogP contribution < -0.4 is 5.32 Å². The summed E-state index contributed by atoms with van der Waals surface area (Å²) in [4.78, 5) is 25.6. The number of ketones is 1. The Morgan fingerprint density at radius 3 is 2.42 bits per heavy atom. The molecule has 1 N–H and O–H groups in total. The van der Waals surface area contributed by atoms with Gasteiger partial charge < -0.3 is 15.0 Å². The summed E-state index contributed by atoms with van der Waals surface area (Å²) in [5.41, 5.74) is 0. The lowest BCUT2D eigenvalue weighted by molar-refractivity contribution is -0.136. The van der Waals surface area contributed by atoms with E-state index in [-0.39, 0.29) is 11.7 Å². The number of hydrogen-bond acceptors (Lipinski definition) is 3. The first-order valence-corrected chi connectivity index (χ1v) is 7.55. The van der Waals surface area contributed by atoms with E-state index in [1.54, 1.807) is 6.92 Å². The van der Waals surface area contributed by atoms with Gasteiger partial charge in [-0.1, -0.05) is 0 Å². The molecule has 4 heteroatoms. The van der Waals surface area contributed by atoms with Gasteiger partial charge in [0.2, 0.25) is 5.91 Å². The maximum Gasteiger partial charge on any atom is 0.225 e. The van der Waals surface area contributed by atoms with Crippen LogP contribution in [-0.4, -0.2) is 42.8 Å². The fraction of sp³-hybridized carbons (Fsp3) is 0.867. The topological polar surface area (TPSA) is 49.4 Å². The van der Waals surface area contributed by atoms with Crippen LogP contribution in [-0.2, 0) is 9.59 Å². The summed E-state index contributed by atoms with van der Waals surface area (Å²) in [7, 11) is 2.00. The van der Waals surface area contributed by atoms with E-state index in [0.717, 1.165) is 45.2 Å². The number of carbonyl (C=O) groups is 2. The average molecular weight is 266 g/mol. The first-order valence-electron chi connectivity index (χ1n) is 7.55. The molecule has 1 heterocycles. The molecule has 0 radical (unpaired) electrons. The molecule has 1 saturated carbocycles. The normalized spacial score (nSPS) is 31.5. The maximum atomic E-state index is 12.4. The second-order valence-corrected chi connectivity index (χ2v) is 6.18. The molecule has 1 atom stereocenters. The molecule has 0 aromatic carbocycles. The number of hydrogen-bond donors (Lipinski definition) is 1. The van der Waals surface area contributed by atoms with Crippen molar-refractivity contribution in [3.8, 4) is 0 Å². The molecule has 4 nitrogen and oxygen atoms in total. The lowest BCUT2D eigenvalue weighted by atomic mass is 9.85. The molecule has 108 valence electrons. The van der Waals surface area contributed by atoms with Crippen LogP contribution in [0, 0.1) is 11.8 Å². The Hall–Kier alpha value is -0.900. The third-order valence-corrected chi connectivity index (χ3v) is 4.66. The Morgan fingerprint density at radius 2 is 1.84 bits per heavy atom. The van der Waals surface area contributed by atoms with Gasteiger partial charge in [0.15, 0.2) is 0 Å². The van der Waals surface area contributed by atoms with Gasteiger partial charge in [-0.15, -0.1) is 0 Å². The zero-order valence-corrected chi connectivity index (χ0v) is 12.2. The van der Waals surface area contributed by atoms with Crippen molar-refractivity contribution in [2.45, 2.75) is 51.5 Å². The zero-order chi connectivity index (χ0) is 13.8. The highest BCUT2D eigenvalue weighted by atomic mass is 16.2. The summed E-state index contributed by atoms with van der Waals surface area (Å²) in [6.45, 7) is 3.29. The Morgan fingerprint density at radius 1 is 1.16 bits per heavy atom. The van der Waals surface area contributed by atoms with Crippen molar-refractivity contribution in [3.05, 3.63) is 0 Å². The van der Waals surface area contributed by atoms with E-state index in [1.165, 1.54) is 0 Å². The highest BCUT2D eigenvalue weighted by Crippen LogP contribution is 2.28. The predicted molar refractivity (Wildman–Crippen MR) is 74.8 cm³/mol. The Kier molecular flexibility index (Phi) is 4.97. The van der Waals surface area contributed by atoms with E-state index in [1.807, 2.05) is 11.9 Å². The summed E-state index contributed by atoms with van der Waals surface area (Å²) in [5, 5.41) is 3.30. The molecule has 2 rings (SSSR count). The number of nitrogens with one attached hydrogen (secondary N) is 1. The zero-order valence-electron chi connectivity index (χ0n) is 12.2. The van der Waals surface area contributed by atoms with Crippen LogP contribution in [0.4, 0.5) is 0 Å². The highest BCUT2D eigenvalue weighted by Gasteiger charge is 2.33. The molecule has 2 fully saturated rings. The van der Waals surface area contributed by atoms with Crippen molar-refractivity contribution < 1.29 is 9.59 Å². The van der Waals surface area contributed by atoms with E-state index in [4.69, 9.17) is 0 Å². The van der Waals surface area contributed by atoms with Crippen molar-refractivity contribution in [1.82, 2.24) is 10.2 Å². The molecule has 0 unspecified atom stereocenters. The first kappa shape index (κ1) is 14.5. The minimum atomic E-state index is 0.223. The number of likely N-dealkylation sites (tertiary alicyclic amines) is 1. The third kappa shape index (κ3) is 3.78. The van der Waals surface area contributed by atoms with E-state index in [2.05, 4.69) is 5.32 Å². The smallest absolute Gasteiger partial charge is 0.225 e. The quantitative estimate of drug-likeness (QED) is 0.840. The third-order valence-electron chi connectivity index (χ3n) is 4.66. The minimum Gasteiger partial charge on any atom is -0.342 e. The minimum absolute atomic E-state index is 0.223. The number of carbonyl (C=O) groups excluding carboxylic acids is 2. The fourth-order valence-corrected chi connectivity index (χ4v) is 3.49. The molecular weight excluding hydrogens is 240 g/mol. The Bertz CT molecular complexity index is 335. The van der Waals surface area contributed by atoms with Crippen LogP contribution in [0.5, 0.6) is 0 Å².